The van der Waals surface area contributed by atoms with Crippen molar-refractivity contribution in [3.63, 3.8) is 0 Å². The molecule has 1 saturated heterocycles. The van der Waals surface area contributed by atoms with Gasteiger partial charge in [-0.15, -0.1) is 0 Å². The summed E-state index contributed by atoms with van der Waals surface area (Å²) in [7, 11) is 1.95. The third-order valence-corrected chi connectivity index (χ3v) is 6.49. The Hall–Kier alpha value is -2.34. The summed E-state index contributed by atoms with van der Waals surface area (Å²) >= 11 is 13.2. The van der Waals surface area contributed by atoms with Crippen LogP contribution in [-0.2, 0) is 18.2 Å². The fourth-order valence-electron chi connectivity index (χ4n) is 3.97. The zero-order valence-electron chi connectivity index (χ0n) is 16.9. The number of ether oxygens (including phenoxy) is 1. The van der Waals surface area contributed by atoms with Gasteiger partial charge in [-0.25, -0.2) is 0 Å². The van der Waals surface area contributed by atoms with Gasteiger partial charge in [-0.1, -0.05) is 23.2 Å². The Balaban J connectivity index is 1.73. The van der Waals surface area contributed by atoms with E-state index < -0.39 is 0 Å². The lowest BCUT2D eigenvalue weighted by Crippen LogP contribution is -2.40. The second-order valence-corrected chi connectivity index (χ2v) is 8.34. The number of rotatable bonds is 4. The van der Waals surface area contributed by atoms with Crippen LogP contribution in [0.1, 0.15) is 37.5 Å². The first-order valence-electron chi connectivity index (χ1n) is 9.78. The van der Waals surface area contributed by atoms with Crippen LogP contribution in [0.15, 0.2) is 30.3 Å². The van der Waals surface area contributed by atoms with Crippen molar-refractivity contribution in [1.29, 1.82) is 0 Å². The molecule has 0 atom stereocenters. The highest BCUT2D eigenvalue weighted by molar-refractivity contribution is 6.38. The molecule has 1 aromatic heterocycles. The number of fused-ring (bicyclic) bond motifs is 1. The molecule has 1 aliphatic heterocycles. The van der Waals surface area contributed by atoms with E-state index >= 15 is 0 Å². The Bertz CT molecular complexity index is 1150. The van der Waals surface area contributed by atoms with Crippen molar-refractivity contribution in [2.45, 2.75) is 13.3 Å². The molecule has 0 bridgehead atoms. The molecule has 1 aliphatic rings. The quantitative estimate of drug-likeness (QED) is 0.549. The van der Waals surface area contributed by atoms with Gasteiger partial charge in [0.2, 0.25) is 0 Å². The summed E-state index contributed by atoms with van der Waals surface area (Å²) in [6.07, 6.45) is 1.33. The number of amides is 1. The highest BCUT2D eigenvalue weighted by Crippen LogP contribution is 2.33. The third kappa shape index (κ3) is 3.73. The lowest BCUT2D eigenvalue weighted by Gasteiger charge is -2.27. The molecule has 156 valence electrons. The van der Waals surface area contributed by atoms with Crippen molar-refractivity contribution in [2.24, 2.45) is 7.05 Å². The van der Waals surface area contributed by atoms with Crippen LogP contribution in [0.25, 0.3) is 10.9 Å². The number of hydrogen-bond acceptors (Lipinski definition) is 3. The Morgan fingerprint density at radius 3 is 2.60 bits per heavy atom. The molecule has 1 fully saturated rings. The molecule has 2 aromatic carbocycles. The number of aryl methyl sites for hydroxylation is 2. The average Bonchev–Trinajstić information content (AvgIpc) is 3.07. The molecule has 0 unspecified atom stereocenters. The summed E-state index contributed by atoms with van der Waals surface area (Å²) in [5.74, 6) is -0.107. The van der Waals surface area contributed by atoms with Crippen LogP contribution in [-0.4, -0.2) is 48.0 Å². The van der Waals surface area contributed by atoms with E-state index in [1.165, 1.54) is 0 Å². The molecular formula is C23H22Cl2N2O3. The van der Waals surface area contributed by atoms with Crippen LogP contribution >= 0.6 is 23.2 Å². The number of carbonyl (C=O) groups excluding carboxylic acids is 2. The Morgan fingerprint density at radius 2 is 1.90 bits per heavy atom. The van der Waals surface area contributed by atoms with Gasteiger partial charge in [0.05, 0.1) is 23.8 Å². The first-order valence-corrected chi connectivity index (χ1v) is 10.5. The summed E-state index contributed by atoms with van der Waals surface area (Å²) in [5, 5.41) is 1.98. The molecule has 0 spiro atoms. The largest absolute Gasteiger partial charge is 0.378 e. The van der Waals surface area contributed by atoms with Gasteiger partial charge < -0.3 is 14.2 Å². The van der Waals surface area contributed by atoms with Gasteiger partial charge >= 0.3 is 0 Å². The van der Waals surface area contributed by atoms with Gasteiger partial charge in [0, 0.05) is 53.7 Å². The standard InChI is InChI=1S/C23H22Cl2N2O3/c1-14-9-15(13-28)10-21-18(14)11-16(26(21)2)12-19-20(24)4-3-17(22(19)25)23(29)27-5-7-30-8-6-27/h3-4,9-11,13H,5-8,12H2,1-2H3. The molecule has 2 heterocycles. The summed E-state index contributed by atoms with van der Waals surface area (Å²) < 4.78 is 7.37. The molecule has 0 saturated carbocycles. The molecule has 7 heteroatoms. The lowest BCUT2D eigenvalue weighted by molar-refractivity contribution is 0.0303. The van der Waals surface area contributed by atoms with E-state index in [0.717, 1.165) is 34.0 Å². The SMILES string of the molecule is Cc1cc(C=O)cc2c1cc(Cc1c(Cl)ccc(C(=O)N3CCOCC3)c1Cl)n2C. The van der Waals surface area contributed by atoms with Gasteiger partial charge in [-0.05, 0) is 48.4 Å². The number of aldehydes is 1. The van der Waals surface area contributed by atoms with Gasteiger partial charge in [0.25, 0.3) is 5.91 Å². The Kier molecular flexibility index (Phi) is 5.87. The van der Waals surface area contributed by atoms with Gasteiger partial charge in [-0.2, -0.15) is 0 Å². The molecule has 5 nitrogen and oxygen atoms in total. The molecule has 4 rings (SSSR count). The minimum atomic E-state index is -0.107. The number of carbonyl (C=O) groups is 2. The molecule has 3 aromatic rings. The van der Waals surface area contributed by atoms with E-state index in [1.54, 1.807) is 17.0 Å². The molecule has 0 radical (unpaired) electrons. The number of morpholine rings is 1. The van der Waals surface area contributed by atoms with Crippen LogP contribution in [0.3, 0.4) is 0 Å². The van der Waals surface area contributed by atoms with Crippen molar-refractivity contribution >= 4 is 46.3 Å². The maximum Gasteiger partial charge on any atom is 0.255 e. The van der Waals surface area contributed by atoms with E-state index in [1.807, 2.05) is 30.7 Å². The number of aromatic nitrogens is 1. The maximum absolute atomic E-state index is 13.0. The number of nitrogens with zero attached hydrogens (tertiary/aromatic N) is 2. The van der Waals surface area contributed by atoms with E-state index in [4.69, 9.17) is 27.9 Å². The average molecular weight is 445 g/mol. The minimum absolute atomic E-state index is 0.107. The van der Waals surface area contributed by atoms with E-state index in [-0.39, 0.29) is 5.91 Å². The number of halogens is 2. The molecule has 0 aliphatic carbocycles. The lowest BCUT2D eigenvalue weighted by atomic mass is 10.0. The zero-order chi connectivity index (χ0) is 21.4. The number of benzene rings is 2. The highest BCUT2D eigenvalue weighted by Gasteiger charge is 2.23. The Morgan fingerprint density at radius 1 is 1.17 bits per heavy atom. The highest BCUT2D eigenvalue weighted by atomic mass is 35.5. The summed E-state index contributed by atoms with van der Waals surface area (Å²) in [5.41, 5.74) is 4.82. The normalized spacial score (nSPS) is 14.3. The molecular weight excluding hydrogens is 423 g/mol. The Labute approximate surface area is 185 Å². The molecule has 0 N–H and O–H groups in total. The molecule has 1 amide bonds. The van der Waals surface area contributed by atoms with Crippen molar-refractivity contribution < 1.29 is 14.3 Å². The second-order valence-electron chi connectivity index (χ2n) is 7.55. The topological polar surface area (TPSA) is 51.5 Å². The van der Waals surface area contributed by atoms with E-state index in [9.17, 15) is 9.59 Å². The maximum atomic E-state index is 13.0. The second kappa shape index (κ2) is 8.42. The van der Waals surface area contributed by atoms with Crippen LogP contribution in [0.5, 0.6) is 0 Å². The summed E-state index contributed by atoms with van der Waals surface area (Å²) in [4.78, 5) is 26.0. The van der Waals surface area contributed by atoms with Gasteiger partial charge in [-0.3, -0.25) is 9.59 Å². The number of hydrogen-bond donors (Lipinski definition) is 0. The fraction of sp³-hybridized carbons (Fsp3) is 0.304. The van der Waals surface area contributed by atoms with Gasteiger partial charge in [0.1, 0.15) is 6.29 Å². The predicted molar refractivity (Wildman–Crippen MR) is 119 cm³/mol. The van der Waals surface area contributed by atoms with Crippen molar-refractivity contribution in [2.75, 3.05) is 26.3 Å². The van der Waals surface area contributed by atoms with Crippen molar-refractivity contribution in [1.82, 2.24) is 9.47 Å². The predicted octanol–water partition coefficient (Wildman–Crippen LogP) is 4.67. The van der Waals surface area contributed by atoms with Crippen molar-refractivity contribution in [3.05, 3.63) is 68.3 Å². The first kappa shape index (κ1) is 20.9. The fourth-order valence-corrected chi connectivity index (χ4v) is 4.56. The van der Waals surface area contributed by atoms with E-state index in [0.29, 0.717) is 53.9 Å². The molecule has 30 heavy (non-hydrogen) atoms. The van der Waals surface area contributed by atoms with Crippen LogP contribution in [0.2, 0.25) is 10.0 Å². The van der Waals surface area contributed by atoms with Crippen LogP contribution in [0.4, 0.5) is 0 Å². The zero-order valence-corrected chi connectivity index (χ0v) is 18.4. The minimum Gasteiger partial charge on any atom is -0.378 e. The van der Waals surface area contributed by atoms with E-state index in [2.05, 4.69) is 6.07 Å². The van der Waals surface area contributed by atoms with Crippen LogP contribution < -0.4 is 0 Å². The first-order chi connectivity index (χ1) is 14.4. The summed E-state index contributed by atoms with van der Waals surface area (Å²) in [6.45, 7) is 4.15. The summed E-state index contributed by atoms with van der Waals surface area (Å²) in [6, 6.07) is 9.26. The van der Waals surface area contributed by atoms with Crippen LogP contribution in [0, 0.1) is 6.92 Å². The monoisotopic (exact) mass is 444 g/mol. The smallest absolute Gasteiger partial charge is 0.255 e. The third-order valence-electron chi connectivity index (χ3n) is 5.70. The van der Waals surface area contributed by atoms with Gasteiger partial charge in [0.15, 0.2) is 0 Å². The van der Waals surface area contributed by atoms with Crippen molar-refractivity contribution in [3.8, 4) is 0 Å².